The fourth-order valence-corrected chi connectivity index (χ4v) is 2.95. The summed E-state index contributed by atoms with van der Waals surface area (Å²) in [6.45, 7) is 0.872. The summed E-state index contributed by atoms with van der Waals surface area (Å²) >= 11 is 0. The Labute approximate surface area is 167 Å². The highest BCUT2D eigenvalue weighted by atomic mass is 16.6. The Morgan fingerprint density at radius 3 is 2.69 bits per heavy atom. The Balaban J connectivity index is 1.58. The lowest BCUT2D eigenvalue weighted by atomic mass is 10.1. The minimum atomic E-state index is -0.943. The number of hydrogen-bond acceptors (Lipinski definition) is 5. The Bertz CT molecular complexity index is 900. The maximum atomic E-state index is 12.2. The highest BCUT2D eigenvalue weighted by molar-refractivity contribution is 5.89. The first-order valence-electron chi connectivity index (χ1n) is 9.00. The molecule has 1 fully saturated rings. The number of benzene rings is 2. The number of nitrogens with one attached hydrogen (secondary N) is 2. The molecule has 0 saturated carbocycles. The second-order valence-electron chi connectivity index (χ2n) is 6.54. The number of carbonyl (C=O) groups is 2. The van der Waals surface area contributed by atoms with Crippen LogP contribution < -0.4 is 20.7 Å². The van der Waals surface area contributed by atoms with Crippen molar-refractivity contribution < 1.29 is 24.2 Å². The summed E-state index contributed by atoms with van der Waals surface area (Å²) in [6, 6.07) is 14.2. The van der Waals surface area contributed by atoms with Crippen LogP contribution in [0.3, 0.4) is 0 Å². The number of ether oxygens (including phenoxy) is 2. The molecule has 2 aromatic rings. The molecular weight excluding hydrogens is 376 g/mol. The zero-order valence-electron chi connectivity index (χ0n) is 15.6. The summed E-state index contributed by atoms with van der Waals surface area (Å²) in [7, 11) is 0. The van der Waals surface area contributed by atoms with E-state index in [1.165, 1.54) is 4.90 Å². The predicted molar refractivity (Wildman–Crippen MR) is 106 cm³/mol. The molecule has 3 rings (SSSR count). The van der Waals surface area contributed by atoms with Gasteiger partial charge in [0.15, 0.2) is 12.1 Å². The molecule has 1 unspecified atom stereocenters. The maximum absolute atomic E-state index is 12.2. The van der Waals surface area contributed by atoms with Gasteiger partial charge in [-0.05, 0) is 23.8 Å². The van der Waals surface area contributed by atoms with E-state index in [2.05, 4.69) is 5.32 Å². The number of anilines is 1. The normalized spacial score (nSPS) is 15.7. The van der Waals surface area contributed by atoms with Crippen LogP contribution in [0, 0.1) is 5.41 Å². The number of hydrogen-bond donors (Lipinski definition) is 4. The molecule has 5 N–H and O–H groups in total. The van der Waals surface area contributed by atoms with Gasteiger partial charge in [0.25, 0.3) is 0 Å². The summed E-state index contributed by atoms with van der Waals surface area (Å²) < 4.78 is 11.1. The van der Waals surface area contributed by atoms with E-state index in [9.17, 15) is 9.59 Å². The van der Waals surface area contributed by atoms with Gasteiger partial charge in [0.1, 0.15) is 12.4 Å². The second-order valence-corrected chi connectivity index (χ2v) is 6.54. The van der Waals surface area contributed by atoms with E-state index in [0.29, 0.717) is 30.1 Å². The van der Waals surface area contributed by atoms with Crippen LogP contribution in [0.5, 0.6) is 5.75 Å². The van der Waals surface area contributed by atoms with Gasteiger partial charge in [-0.25, -0.2) is 4.79 Å². The number of amides is 1. The van der Waals surface area contributed by atoms with Crippen molar-refractivity contribution in [3.8, 4) is 5.75 Å². The van der Waals surface area contributed by atoms with Crippen molar-refractivity contribution in [3.05, 3.63) is 59.7 Å². The van der Waals surface area contributed by atoms with Gasteiger partial charge < -0.3 is 25.6 Å². The molecule has 0 aliphatic carbocycles. The lowest BCUT2D eigenvalue weighted by Gasteiger charge is -2.15. The largest absolute Gasteiger partial charge is 0.489 e. The van der Waals surface area contributed by atoms with Crippen LogP contribution in [0.4, 0.5) is 10.5 Å². The summed E-state index contributed by atoms with van der Waals surface area (Å²) in [5.74, 6) is -0.585. The zero-order valence-corrected chi connectivity index (χ0v) is 15.6. The molecule has 29 heavy (non-hydrogen) atoms. The molecular formula is C20H22N4O5. The molecule has 2 aromatic carbocycles. The van der Waals surface area contributed by atoms with Gasteiger partial charge in [0.2, 0.25) is 0 Å². The third-order valence-corrected chi connectivity index (χ3v) is 4.34. The van der Waals surface area contributed by atoms with Crippen LogP contribution >= 0.6 is 0 Å². The fourth-order valence-electron chi connectivity index (χ4n) is 2.95. The number of nitrogens with zero attached hydrogens (tertiary/aromatic N) is 1. The van der Waals surface area contributed by atoms with Gasteiger partial charge in [-0.15, -0.1) is 0 Å². The van der Waals surface area contributed by atoms with Crippen LogP contribution in [0.2, 0.25) is 0 Å². The third-order valence-electron chi connectivity index (χ3n) is 4.34. The van der Waals surface area contributed by atoms with Crippen molar-refractivity contribution in [1.29, 1.82) is 5.41 Å². The van der Waals surface area contributed by atoms with E-state index in [1.54, 1.807) is 36.4 Å². The number of carbonyl (C=O) groups excluding carboxylic acids is 1. The van der Waals surface area contributed by atoms with Crippen molar-refractivity contribution in [2.45, 2.75) is 19.1 Å². The van der Waals surface area contributed by atoms with Crippen LogP contribution in [0.25, 0.3) is 0 Å². The smallest absolute Gasteiger partial charge is 0.414 e. The first kappa shape index (κ1) is 20.0. The topological polar surface area (TPSA) is 138 Å². The lowest BCUT2D eigenvalue weighted by Crippen LogP contribution is -2.29. The fraction of sp³-hybridized carbons (Fsp3) is 0.250. The molecule has 0 spiro atoms. The molecule has 1 heterocycles. The van der Waals surface area contributed by atoms with E-state index < -0.39 is 18.2 Å². The summed E-state index contributed by atoms with van der Waals surface area (Å²) in [5, 5.41) is 18.9. The summed E-state index contributed by atoms with van der Waals surface area (Å²) in [6.07, 6.45) is -1.08. The Morgan fingerprint density at radius 2 is 2.00 bits per heavy atom. The summed E-state index contributed by atoms with van der Waals surface area (Å²) in [5.41, 5.74) is 7.45. The van der Waals surface area contributed by atoms with E-state index in [0.717, 1.165) is 5.56 Å². The maximum Gasteiger partial charge on any atom is 0.414 e. The predicted octanol–water partition coefficient (Wildman–Crippen LogP) is 1.70. The minimum Gasteiger partial charge on any atom is -0.489 e. The number of cyclic esters (lactones) is 1. The van der Waals surface area contributed by atoms with Crippen molar-refractivity contribution in [2.24, 2.45) is 5.73 Å². The highest BCUT2D eigenvalue weighted by Gasteiger charge is 2.33. The SMILES string of the molecule is N=C(N)NCc1ccc(N2CC(COc3ccccc3CC(=O)O)OC2=O)cc1. The van der Waals surface area contributed by atoms with Gasteiger partial charge in [-0.1, -0.05) is 30.3 Å². The van der Waals surface area contributed by atoms with Crippen LogP contribution in [0.1, 0.15) is 11.1 Å². The molecule has 0 bridgehead atoms. The van der Waals surface area contributed by atoms with E-state index in [-0.39, 0.29) is 19.0 Å². The van der Waals surface area contributed by atoms with E-state index >= 15 is 0 Å². The first-order chi connectivity index (χ1) is 13.9. The number of para-hydroxylation sites is 1. The molecule has 1 amide bonds. The van der Waals surface area contributed by atoms with Crippen molar-refractivity contribution in [1.82, 2.24) is 5.32 Å². The first-order valence-corrected chi connectivity index (χ1v) is 9.00. The summed E-state index contributed by atoms with van der Waals surface area (Å²) in [4.78, 5) is 24.7. The molecule has 1 aliphatic heterocycles. The molecule has 9 nitrogen and oxygen atoms in total. The number of nitrogens with two attached hydrogens (primary N) is 1. The Kier molecular flexibility index (Phi) is 6.18. The number of aliphatic carboxylic acids is 1. The van der Waals surface area contributed by atoms with Crippen LogP contribution in [-0.2, 0) is 22.5 Å². The number of guanidine groups is 1. The molecule has 0 radical (unpaired) electrons. The number of rotatable bonds is 8. The van der Waals surface area contributed by atoms with Crippen LogP contribution in [0.15, 0.2) is 48.5 Å². The number of carboxylic acid groups (broad SMARTS) is 1. The second kappa shape index (κ2) is 8.96. The Morgan fingerprint density at radius 1 is 1.28 bits per heavy atom. The highest BCUT2D eigenvalue weighted by Crippen LogP contribution is 2.24. The van der Waals surface area contributed by atoms with E-state index in [4.69, 9.17) is 25.7 Å². The van der Waals surface area contributed by atoms with Gasteiger partial charge >= 0.3 is 12.1 Å². The number of carboxylic acids is 1. The van der Waals surface area contributed by atoms with E-state index in [1.807, 2.05) is 12.1 Å². The molecule has 0 aromatic heterocycles. The Hall–Kier alpha value is -3.75. The monoisotopic (exact) mass is 398 g/mol. The quantitative estimate of drug-likeness (QED) is 0.392. The zero-order chi connectivity index (χ0) is 20.8. The molecule has 152 valence electrons. The standard InChI is InChI=1S/C20H22N4O5/c21-19(22)23-10-13-5-7-15(8-6-13)24-11-16(29-20(24)27)12-28-17-4-2-1-3-14(17)9-18(25)26/h1-8,16H,9-12H2,(H,25,26)(H4,21,22,23). The van der Waals surface area contributed by atoms with Gasteiger partial charge in [0, 0.05) is 17.8 Å². The van der Waals surface area contributed by atoms with Crippen molar-refractivity contribution in [3.63, 3.8) is 0 Å². The van der Waals surface area contributed by atoms with Gasteiger partial charge in [0.05, 0.1) is 13.0 Å². The van der Waals surface area contributed by atoms with Crippen LogP contribution in [-0.4, -0.2) is 42.4 Å². The average molecular weight is 398 g/mol. The molecule has 1 aliphatic rings. The molecule has 1 atom stereocenters. The molecule has 1 saturated heterocycles. The average Bonchev–Trinajstić information content (AvgIpc) is 3.06. The third kappa shape index (κ3) is 5.38. The minimum absolute atomic E-state index is 0.107. The van der Waals surface area contributed by atoms with Crippen molar-refractivity contribution >= 4 is 23.7 Å². The van der Waals surface area contributed by atoms with Crippen molar-refractivity contribution in [2.75, 3.05) is 18.1 Å². The van der Waals surface area contributed by atoms with Gasteiger partial charge in [-0.2, -0.15) is 0 Å². The lowest BCUT2D eigenvalue weighted by molar-refractivity contribution is -0.136. The van der Waals surface area contributed by atoms with Gasteiger partial charge in [-0.3, -0.25) is 15.1 Å². The molecule has 9 heteroatoms.